The van der Waals surface area contributed by atoms with Gasteiger partial charge in [-0.1, -0.05) is 30.3 Å². The summed E-state index contributed by atoms with van der Waals surface area (Å²) in [6.45, 7) is 1.16. The largest absolute Gasteiger partial charge is 0.488 e. The van der Waals surface area contributed by atoms with Crippen LogP contribution in [0.1, 0.15) is 12.8 Å². The number of para-hydroxylation sites is 3. The number of pyridine rings is 1. The molecule has 1 fully saturated rings. The summed E-state index contributed by atoms with van der Waals surface area (Å²) in [7, 11) is 0. The van der Waals surface area contributed by atoms with E-state index in [1.807, 2.05) is 36.4 Å². The molecule has 0 saturated carbocycles. The van der Waals surface area contributed by atoms with Crippen LogP contribution >= 0.6 is 0 Å². The lowest BCUT2D eigenvalue weighted by Crippen LogP contribution is -2.43. The Kier molecular flexibility index (Phi) is 4.71. The van der Waals surface area contributed by atoms with Crippen LogP contribution in [0.3, 0.4) is 0 Å². The SMILES string of the molecule is O=C(Cn1c(=O)oc2ccccc21)N1CCC(Oc2cccc3cccnc23)CC1. The summed E-state index contributed by atoms with van der Waals surface area (Å²) in [5.74, 6) is 0.175. The molecule has 2 aromatic carbocycles. The van der Waals surface area contributed by atoms with Crippen LogP contribution in [-0.4, -0.2) is 39.6 Å². The molecule has 152 valence electrons. The Hall–Kier alpha value is -3.61. The molecule has 1 aliphatic heterocycles. The summed E-state index contributed by atoms with van der Waals surface area (Å²) < 4.78 is 12.8. The van der Waals surface area contributed by atoms with E-state index in [0.717, 1.165) is 29.5 Å². The Morgan fingerprint density at radius 3 is 2.73 bits per heavy atom. The molecule has 0 N–H and O–H groups in total. The van der Waals surface area contributed by atoms with Crippen molar-refractivity contribution < 1.29 is 13.9 Å². The molecule has 1 amide bonds. The number of amides is 1. The molecule has 3 heterocycles. The molecular formula is C23H21N3O4. The van der Waals surface area contributed by atoms with Gasteiger partial charge in [-0.05, 0) is 24.3 Å². The van der Waals surface area contributed by atoms with Crippen molar-refractivity contribution in [1.82, 2.24) is 14.5 Å². The fourth-order valence-electron chi connectivity index (χ4n) is 3.97. The summed E-state index contributed by atoms with van der Waals surface area (Å²) >= 11 is 0. The van der Waals surface area contributed by atoms with Crippen molar-refractivity contribution in [3.8, 4) is 5.75 Å². The third-order valence-electron chi connectivity index (χ3n) is 5.55. The Balaban J connectivity index is 1.24. The predicted octanol–water partition coefficient (Wildman–Crippen LogP) is 3.21. The van der Waals surface area contributed by atoms with Gasteiger partial charge in [-0.15, -0.1) is 0 Å². The summed E-state index contributed by atoms with van der Waals surface area (Å²) in [5.41, 5.74) is 1.98. The Bertz CT molecular complexity index is 1260. The standard InChI is InChI=1S/C23H21N3O4/c27-21(15-26-18-7-1-2-8-19(18)30-23(26)28)25-13-10-17(11-14-25)29-20-9-3-5-16-6-4-12-24-22(16)20/h1-9,12,17H,10-11,13-15H2. The molecule has 1 saturated heterocycles. The molecule has 0 aliphatic carbocycles. The number of carbonyl (C=O) groups is 1. The molecule has 0 unspecified atom stereocenters. The van der Waals surface area contributed by atoms with Gasteiger partial charge in [0.05, 0.1) is 5.52 Å². The minimum Gasteiger partial charge on any atom is -0.488 e. The summed E-state index contributed by atoms with van der Waals surface area (Å²) in [6, 6.07) is 17.0. The number of hydrogen-bond acceptors (Lipinski definition) is 5. The Labute approximate surface area is 172 Å². The normalized spacial score (nSPS) is 15.0. The van der Waals surface area contributed by atoms with Crippen molar-refractivity contribution in [3.05, 3.63) is 71.3 Å². The number of benzene rings is 2. The molecule has 0 radical (unpaired) electrons. The smallest absolute Gasteiger partial charge is 0.420 e. The number of hydrogen-bond donors (Lipinski definition) is 0. The van der Waals surface area contributed by atoms with E-state index >= 15 is 0 Å². The molecule has 30 heavy (non-hydrogen) atoms. The van der Waals surface area contributed by atoms with Crippen molar-refractivity contribution >= 4 is 27.9 Å². The zero-order chi connectivity index (χ0) is 20.5. The highest BCUT2D eigenvalue weighted by molar-refractivity contribution is 5.84. The molecule has 7 nitrogen and oxygen atoms in total. The maximum atomic E-state index is 12.8. The highest BCUT2D eigenvalue weighted by atomic mass is 16.5. The van der Waals surface area contributed by atoms with Crippen LogP contribution in [0.25, 0.3) is 22.0 Å². The second-order valence-corrected chi connectivity index (χ2v) is 7.45. The number of aromatic nitrogens is 2. The minimum atomic E-state index is -0.508. The van der Waals surface area contributed by atoms with Crippen LogP contribution in [0.15, 0.2) is 70.0 Å². The lowest BCUT2D eigenvalue weighted by molar-refractivity contribution is -0.133. The Morgan fingerprint density at radius 1 is 1.07 bits per heavy atom. The molecule has 0 spiro atoms. The van der Waals surface area contributed by atoms with Crippen LogP contribution in [0.4, 0.5) is 0 Å². The fourth-order valence-corrected chi connectivity index (χ4v) is 3.97. The minimum absolute atomic E-state index is 0.0192. The van der Waals surface area contributed by atoms with E-state index in [4.69, 9.17) is 9.15 Å². The van der Waals surface area contributed by atoms with Gasteiger partial charge in [0.1, 0.15) is 23.9 Å². The van der Waals surface area contributed by atoms with Crippen molar-refractivity contribution in [1.29, 1.82) is 0 Å². The van der Waals surface area contributed by atoms with Gasteiger partial charge in [0, 0.05) is 37.5 Å². The summed E-state index contributed by atoms with van der Waals surface area (Å²) in [6.07, 6.45) is 3.25. The number of ether oxygens (including phenoxy) is 1. The van der Waals surface area contributed by atoms with E-state index in [1.54, 1.807) is 29.3 Å². The third-order valence-corrected chi connectivity index (χ3v) is 5.55. The quantitative estimate of drug-likeness (QED) is 0.523. The van der Waals surface area contributed by atoms with Crippen LogP contribution in [0.2, 0.25) is 0 Å². The second-order valence-electron chi connectivity index (χ2n) is 7.45. The lowest BCUT2D eigenvalue weighted by Gasteiger charge is -2.32. The number of carbonyl (C=O) groups excluding carboxylic acids is 1. The van der Waals surface area contributed by atoms with Gasteiger partial charge in [-0.25, -0.2) is 4.79 Å². The van der Waals surface area contributed by atoms with Crippen LogP contribution < -0.4 is 10.5 Å². The number of rotatable bonds is 4. The topological polar surface area (TPSA) is 77.6 Å². The third kappa shape index (κ3) is 3.43. The zero-order valence-electron chi connectivity index (χ0n) is 16.4. The molecule has 2 aromatic heterocycles. The van der Waals surface area contributed by atoms with Gasteiger partial charge in [-0.3, -0.25) is 14.3 Å². The first-order valence-electron chi connectivity index (χ1n) is 10.1. The first-order chi connectivity index (χ1) is 14.7. The summed E-state index contributed by atoms with van der Waals surface area (Å²) in [4.78, 5) is 31.1. The van der Waals surface area contributed by atoms with Gasteiger partial charge in [0.25, 0.3) is 0 Å². The molecule has 0 atom stereocenters. The van der Waals surface area contributed by atoms with Crippen LogP contribution in [0.5, 0.6) is 5.75 Å². The van der Waals surface area contributed by atoms with Gasteiger partial charge < -0.3 is 14.1 Å². The summed E-state index contributed by atoms with van der Waals surface area (Å²) in [5, 5.41) is 1.04. The van der Waals surface area contributed by atoms with Gasteiger partial charge in [0.15, 0.2) is 5.58 Å². The zero-order valence-corrected chi connectivity index (χ0v) is 16.4. The number of fused-ring (bicyclic) bond motifs is 2. The van der Waals surface area contributed by atoms with Gasteiger partial charge >= 0.3 is 5.76 Å². The van der Waals surface area contributed by atoms with E-state index in [2.05, 4.69) is 4.98 Å². The van der Waals surface area contributed by atoms with Gasteiger partial charge in [0.2, 0.25) is 5.91 Å². The molecule has 4 aromatic rings. The van der Waals surface area contributed by atoms with Crippen LogP contribution in [-0.2, 0) is 11.3 Å². The van der Waals surface area contributed by atoms with Crippen LogP contribution in [0, 0.1) is 0 Å². The number of piperidine rings is 1. The predicted molar refractivity (Wildman–Crippen MR) is 112 cm³/mol. The Morgan fingerprint density at radius 2 is 1.87 bits per heavy atom. The fraction of sp³-hybridized carbons (Fsp3) is 0.261. The maximum Gasteiger partial charge on any atom is 0.420 e. The van der Waals surface area contributed by atoms with Gasteiger partial charge in [-0.2, -0.15) is 0 Å². The first-order valence-corrected chi connectivity index (χ1v) is 10.1. The van der Waals surface area contributed by atoms with Crippen molar-refractivity contribution in [3.63, 3.8) is 0 Å². The average molecular weight is 403 g/mol. The molecule has 0 bridgehead atoms. The highest BCUT2D eigenvalue weighted by Gasteiger charge is 2.25. The monoisotopic (exact) mass is 403 g/mol. The molecule has 7 heteroatoms. The molecule has 5 rings (SSSR count). The maximum absolute atomic E-state index is 12.8. The van der Waals surface area contributed by atoms with E-state index in [9.17, 15) is 9.59 Å². The first kappa shape index (κ1) is 18.4. The average Bonchev–Trinajstić information content (AvgIpc) is 3.09. The second kappa shape index (κ2) is 7.67. The lowest BCUT2D eigenvalue weighted by atomic mass is 10.1. The van der Waals surface area contributed by atoms with E-state index in [-0.39, 0.29) is 18.6 Å². The highest BCUT2D eigenvalue weighted by Crippen LogP contribution is 2.26. The van der Waals surface area contributed by atoms with Crippen molar-refractivity contribution in [2.75, 3.05) is 13.1 Å². The van der Waals surface area contributed by atoms with Crippen molar-refractivity contribution in [2.45, 2.75) is 25.5 Å². The number of oxazole rings is 1. The van der Waals surface area contributed by atoms with E-state index in [0.29, 0.717) is 24.2 Å². The number of nitrogens with zero attached hydrogens (tertiary/aromatic N) is 3. The number of likely N-dealkylation sites (tertiary alicyclic amines) is 1. The molecular weight excluding hydrogens is 382 g/mol. The van der Waals surface area contributed by atoms with E-state index in [1.165, 1.54) is 4.57 Å². The van der Waals surface area contributed by atoms with Crippen molar-refractivity contribution in [2.24, 2.45) is 0 Å². The molecule has 1 aliphatic rings. The van der Waals surface area contributed by atoms with E-state index < -0.39 is 5.76 Å².